The smallest absolute Gasteiger partial charge is 0.158 e. The van der Waals surface area contributed by atoms with Crippen LogP contribution in [-0.4, -0.2) is 50.6 Å². The molecule has 1 saturated heterocycles. The molecule has 2 N–H and O–H groups in total. The number of nitrogens with zero attached hydrogens (tertiary/aromatic N) is 1. The lowest BCUT2D eigenvalue weighted by Crippen LogP contribution is -2.38. The fourth-order valence-corrected chi connectivity index (χ4v) is 2.70. The Kier molecular flexibility index (Phi) is 8.59. The predicted octanol–water partition coefficient (Wildman–Crippen LogP) is 1.84. The number of ether oxygens (including phenoxy) is 2. The van der Waals surface area contributed by atoms with Gasteiger partial charge in [-0.05, 0) is 52.1 Å². The molecule has 1 rings (SSSR count). The molecule has 0 radical (unpaired) electrons. The lowest BCUT2D eigenvalue weighted by Gasteiger charge is -2.33. The van der Waals surface area contributed by atoms with Crippen LogP contribution < -0.4 is 5.73 Å². The van der Waals surface area contributed by atoms with Gasteiger partial charge in [-0.25, -0.2) is 0 Å². The van der Waals surface area contributed by atoms with E-state index in [1.807, 2.05) is 13.8 Å². The van der Waals surface area contributed by atoms with Crippen LogP contribution >= 0.6 is 0 Å². The van der Waals surface area contributed by atoms with Crippen molar-refractivity contribution in [1.82, 2.24) is 4.90 Å². The van der Waals surface area contributed by atoms with Gasteiger partial charge in [0.05, 0.1) is 0 Å². The monoisotopic (exact) mass is 258 g/mol. The number of hydrogen-bond acceptors (Lipinski definition) is 4. The number of rotatable bonds is 9. The van der Waals surface area contributed by atoms with Crippen molar-refractivity contribution in [1.29, 1.82) is 0 Å². The summed E-state index contributed by atoms with van der Waals surface area (Å²) in [7, 11) is 0. The van der Waals surface area contributed by atoms with Crippen molar-refractivity contribution in [2.75, 3.05) is 39.4 Å². The minimum Gasteiger partial charge on any atom is -0.353 e. The molecule has 18 heavy (non-hydrogen) atoms. The molecule has 4 nitrogen and oxygen atoms in total. The molecule has 0 bridgehead atoms. The quantitative estimate of drug-likeness (QED) is 0.641. The first-order valence-corrected chi connectivity index (χ1v) is 7.45. The van der Waals surface area contributed by atoms with E-state index in [0.717, 1.165) is 45.1 Å². The summed E-state index contributed by atoms with van der Waals surface area (Å²) in [6, 6.07) is 0. The molecule has 0 aromatic heterocycles. The van der Waals surface area contributed by atoms with Gasteiger partial charge in [-0.15, -0.1) is 0 Å². The van der Waals surface area contributed by atoms with E-state index >= 15 is 0 Å². The van der Waals surface area contributed by atoms with Crippen LogP contribution in [0.2, 0.25) is 0 Å². The first kappa shape index (κ1) is 15.9. The fraction of sp³-hybridized carbons (Fsp3) is 1.00. The number of piperidine rings is 1. The van der Waals surface area contributed by atoms with Gasteiger partial charge in [0.25, 0.3) is 0 Å². The summed E-state index contributed by atoms with van der Waals surface area (Å²) in [6.45, 7) is 9.79. The minimum absolute atomic E-state index is 0.0325. The summed E-state index contributed by atoms with van der Waals surface area (Å²) < 4.78 is 11.2. The Hall–Kier alpha value is -0.160. The van der Waals surface area contributed by atoms with E-state index in [-0.39, 0.29) is 6.29 Å². The average Bonchev–Trinajstić information content (AvgIpc) is 2.37. The van der Waals surface area contributed by atoms with Gasteiger partial charge in [0.1, 0.15) is 0 Å². The molecule has 1 heterocycles. The second kappa shape index (κ2) is 9.73. The summed E-state index contributed by atoms with van der Waals surface area (Å²) in [6.07, 6.45) is 4.75. The van der Waals surface area contributed by atoms with Crippen LogP contribution in [0.3, 0.4) is 0 Å². The van der Waals surface area contributed by atoms with Crippen LogP contribution in [0.25, 0.3) is 0 Å². The standard InChI is InChI=1S/C14H30N2O2/c1-3-17-14(18-4-2)8-11-16-10-5-6-13(12-16)7-9-15/h13-14H,3-12,15H2,1-2H3. The van der Waals surface area contributed by atoms with E-state index in [2.05, 4.69) is 4.90 Å². The molecule has 1 aliphatic rings. The maximum atomic E-state index is 5.65. The van der Waals surface area contributed by atoms with E-state index in [1.54, 1.807) is 0 Å². The Morgan fingerprint density at radius 1 is 1.28 bits per heavy atom. The van der Waals surface area contributed by atoms with Gasteiger partial charge in [-0.1, -0.05) is 0 Å². The molecule has 0 amide bonds. The average molecular weight is 258 g/mol. The van der Waals surface area contributed by atoms with Gasteiger partial charge in [-0.3, -0.25) is 0 Å². The Labute approximate surface area is 112 Å². The van der Waals surface area contributed by atoms with Gasteiger partial charge in [0.15, 0.2) is 6.29 Å². The third-order valence-corrected chi connectivity index (χ3v) is 3.56. The first-order valence-electron chi connectivity index (χ1n) is 7.45. The van der Waals surface area contributed by atoms with Crippen LogP contribution in [0.15, 0.2) is 0 Å². The van der Waals surface area contributed by atoms with Crippen LogP contribution in [0.5, 0.6) is 0 Å². The highest BCUT2D eigenvalue weighted by atomic mass is 16.7. The van der Waals surface area contributed by atoms with Crippen LogP contribution in [0, 0.1) is 5.92 Å². The van der Waals surface area contributed by atoms with E-state index in [1.165, 1.54) is 25.9 Å². The van der Waals surface area contributed by atoms with Crippen molar-refractivity contribution < 1.29 is 9.47 Å². The van der Waals surface area contributed by atoms with Gasteiger partial charge in [-0.2, -0.15) is 0 Å². The Morgan fingerprint density at radius 3 is 2.61 bits per heavy atom. The molecule has 0 saturated carbocycles. The second-order valence-corrected chi connectivity index (χ2v) is 5.02. The minimum atomic E-state index is -0.0325. The Bertz CT molecular complexity index is 194. The van der Waals surface area contributed by atoms with Gasteiger partial charge in [0.2, 0.25) is 0 Å². The zero-order chi connectivity index (χ0) is 13.2. The molecule has 0 aromatic rings. The van der Waals surface area contributed by atoms with Crippen LogP contribution in [-0.2, 0) is 9.47 Å². The van der Waals surface area contributed by atoms with Crippen molar-refractivity contribution in [2.24, 2.45) is 11.7 Å². The molecule has 0 aromatic carbocycles. The van der Waals surface area contributed by atoms with E-state index in [9.17, 15) is 0 Å². The summed E-state index contributed by atoms with van der Waals surface area (Å²) in [5.74, 6) is 0.793. The topological polar surface area (TPSA) is 47.7 Å². The second-order valence-electron chi connectivity index (χ2n) is 5.02. The molecule has 1 fully saturated rings. The van der Waals surface area contributed by atoms with Crippen molar-refractivity contribution in [3.63, 3.8) is 0 Å². The highest BCUT2D eigenvalue weighted by molar-refractivity contribution is 4.73. The van der Waals surface area contributed by atoms with E-state index in [0.29, 0.717) is 0 Å². The van der Waals surface area contributed by atoms with Crippen molar-refractivity contribution in [3.05, 3.63) is 0 Å². The van der Waals surface area contributed by atoms with Crippen molar-refractivity contribution in [3.8, 4) is 0 Å². The highest BCUT2D eigenvalue weighted by Crippen LogP contribution is 2.19. The molecule has 0 spiro atoms. The van der Waals surface area contributed by atoms with Crippen molar-refractivity contribution >= 4 is 0 Å². The van der Waals surface area contributed by atoms with Gasteiger partial charge in [0, 0.05) is 32.7 Å². The zero-order valence-corrected chi connectivity index (χ0v) is 12.1. The number of likely N-dealkylation sites (tertiary alicyclic amines) is 1. The first-order chi connectivity index (χ1) is 8.80. The molecular formula is C14H30N2O2. The Balaban J connectivity index is 2.23. The number of nitrogens with two attached hydrogens (primary N) is 1. The summed E-state index contributed by atoms with van der Waals surface area (Å²) in [5.41, 5.74) is 5.65. The summed E-state index contributed by atoms with van der Waals surface area (Å²) in [4.78, 5) is 2.54. The molecule has 1 atom stereocenters. The lowest BCUT2D eigenvalue weighted by atomic mass is 9.95. The SMILES string of the molecule is CCOC(CCN1CCCC(CCN)C1)OCC. The largest absolute Gasteiger partial charge is 0.353 e. The molecule has 108 valence electrons. The summed E-state index contributed by atoms with van der Waals surface area (Å²) in [5, 5.41) is 0. The third kappa shape index (κ3) is 6.14. The highest BCUT2D eigenvalue weighted by Gasteiger charge is 2.20. The van der Waals surface area contributed by atoms with Crippen LogP contribution in [0.4, 0.5) is 0 Å². The zero-order valence-electron chi connectivity index (χ0n) is 12.1. The third-order valence-electron chi connectivity index (χ3n) is 3.56. The molecule has 1 unspecified atom stereocenters. The van der Waals surface area contributed by atoms with E-state index in [4.69, 9.17) is 15.2 Å². The number of hydrogen-bond donors (Lipinski definition) is 1. The molecule has 4 heteroatoms. The fourth-order valence-electron chi connectivity index (χ4n) is 2.70. The maximum absolute atomic E-state index is 5.65. The predicted molar refractivity (Wildman–Crippen MR) is 74.5 cm³/mol. The van der Waals surface area contributed by atoms with Crippen molar-refractivity contribution in [2.45, 2.75) is 45.8 Å². The molecule has 0 aliphatic carbocycles. The van der Waals surface area contributed by atoms with Gasteiger partial charge >= 0.3 is 0 Å². The van der Waals surface area contributed by atoms with E-state index < -0.39 is 0 Å². The normalized spacial score (nSPS) is 21.7. The summed E-state index contributed by atoms with van der Waals surface area (Å²) >= 11 is 0. The Morgan fingerprint density at radius 2 is 2.00 bits per heavy atom. The lowest BCUT2D eigenvalue weighted by molar-refractivity contribution is -0.142. The molecular weight excluding hydrogens is 228 g/mol. The molecule has 1 aliphatic heterocycles. The van der Waals surface area contributed by atoms with Gasteiger partial charge < -0.3 is 20.1 Å². The van der Waals surface area contributed by atoms with Crippen LogP contribution in [0.1, 0.15) is 39.5 Å². The maximum Gasteiger partial charge on any atom is 0.158 e.